The Morgan fingerprint density at radius 3 is 2.50 bits per heavy atom. The van der Waals surface area contributed by atoms with E-state index in [9.17, 15) is 9.90 Å². The highest BCUT2D eigenvalue weighted by atomic mass is 35.5. The van der Waals surface area contributed by atoms with Crippen LogP contribution in [0.5, 0.6) is 5.75 Å². The van der Waals surface area contributed by atoms with Gasteiger partial charge in [0.1, 0.15) is 11.9 Å². The van der Waals surface area contributed by atoms with Crippen molar-refractivity contribution in [3.05, 3.63) is 112 Å². The van der Waals surface area contributed by atoms with Crippen LogP contribution in [-0.2, 0) is 0 Å². The molecule has 1 heterocycles. The van der Waals surface area contributed by atoms with Crippen LogP contribution in [0.4, 0.5) is 0 Å². The van der Waals surface area contributed by atoms with E-state index in [1.807, 2.05) is 38.1 Å². The molecule has 5 heteroatoms. The zero-order chi connectivity index (χ0) is 24.5. The third kappa shape index (κ3) is 4.84. The van der Waals surface area contributed by atoms with Gasteiger partial charge in [-0.1, -0.05) is 72.8 Å². The average Bonchev–Trinajstić information content (AvgIpc) is 2.86. The number of carboxylic acid groups (broad SMARTS) is 1. The molecule has 0 fully saturated rings. The fourth-order valence-corrected chi connectivity index (χ4v) is 5.53. The van der Waals surface area contributed by atoms with Gasteiger partial charge in [-0.2, -0.15) is 0 Å². The summed E-state index contributed by atoms with van der Waals surface area (Å²) in [5, 5.41) is 16.0. The van der Waals surface area contributed by atoms with Crippen molar-refractivity contribution in [3.63, 3.8) is 0 Å². The third-order valence-electron chi connectivity index (χ3n) is 7.33. The number of nitrogens with one attached hydrogen (secondary N) is 1. The van der Waals surface area contributed by atoms with Gasteiger partial charge in [-0.15, -0.1) is 12.4 Å². The van der Waals surface area contributed by atoms with Gasteiger partial charge in [0.05, 0.1) is 5.56 Å². The minimum atomic E-state index is -0.871. The Morgan fingerprint density at radius 1 is 0.972 bits per heavy atom. The maximum Gasteiger partial charge on any atom is 0.336 e. The van der Waals surface area contributed by atoms with Crippen LogP contribution in [0.1, 0.15) is 63.5 Å². The van der Waals surface area contributed by atoms with E-state index < -0.39 is 5.97 Å². The molecule has 0 saturated carbocycles. The summed E-state index contributed by atoms with van der Waals surface area (Å²) in [6.07, 6.45) is 0.760. The SMILES string of the molecule is Cc1ccc([C@@H]2C[C@H](CN[C@H](C)c3cccc4ccccc34)Oc3ccccc32)c(C)c1C(=O)O.Cl. The largest absolute Gasteiger partial charge is 0.489 e. The maximum atomic E-state index is 12.0. The maximum absolute atomic E-state index is 12.0. The molecule has 36 heavy (non-hydrogen) atoms. The van der Waals surface area contributed by atoms with Gasteiger partial charge in [-0.25, -0.2) is 4.79 Å². The predicted octanol–water partition coefficient (Wildman–Crippen LogP) is 7.21. The molecular formula is C31H32ClNO3. The van der Waals surface area contributed by atoms with Crippen LogP contribution in [0.2, 0.25) is 0 Å². The van der Waals surface area contributed by atoms with E-state index in [1.165, 1.54) is 16.3 Å². The van der Waals surface area contributed by atoms with Crippen LogP contribution in [0.3, 0.4) is 0 Å². The zero-order valence-electron chi connectivity index (χ0n) is 20.8. The number of carboxylic acids is 1. The predicted molar refractivity (Wildman–Crippen MR) is 148 cm³/mol. The highest BCUT2D eigenvalue weighted by molar-refractivity contribution is 5.91. The second-order valence-corrected chi connectivity index (χ2v) is 9.54. The first-order chi connectivity index (χ1) is 16.9. The lowest BCUT2D eigenvalue weighted by molar-refractivity contribution is 0.0695. The van der Waals surface area contributed by atoms with E-state index in [2.05, 4.69) is 66.8 Å². The number of para-hydroxylation sites is 1. The fourth-order valence-electron chi connectivity index (χ4n) is 5.53. The van der Waals surface area contributed by atoms with Crippen LogP contribution in [-0.4, -0.2) is 23.7 Å². The first-order valence-corrected chi connectivity index (χ1v) is 12.2. The minimum absolute atomic E-state index is 0. The number of aryl methyl sites for hydroxylation is 1. The van der Waals surface area contributed by atoms with E-state index in [1.54, 1.807) is 0 Å². The molecule has 186 valence electrons. The van der Waals surface area contributed by atoms with Crippen molar-refractivity contribution < 1.29 is 14.6 Å². The van der Waals surface area contributed by atoms with Crippen molar-refractivity contribution in [2.24, 2.45) is 0 Å². The third-order valence-corrected chi connectivity index (χ3v) is 7.33. The molecule has 0 spiro atoms. The average molecular weight is 502 g/mol. The van der Waals surface area contributed by atoms with Gasteiger partial charge in [0.15, 0.2) is 0 Å². The van der Waals surface area contributed by atoms with Gasteiger partial charge in [0.2, 0.25) is 0 Å². The lowest BCUT2D eigenvalue weighted by atomic mass is 9.80. The number of hydrogen-bond donors (Lipinski definition) is 2. The highest BCUT2D eigenvalue weighted by Crippen LogP contribution is 2.42. The molecule has 1 aliphatic heterocycles. The molecule has 0 amide bonds. The molecular weight excluding hydrogens is 470 g/mol. The Morgan fingerprint density at radius 2 is 1.69 bits per heavy atom. The molecule has 0 aromatic heterocycles. The summed E-state index contributed by atoms with van der Waals surface area (Å²) in [5.74, 6) is 0.0906. The Kier molecular flexibility index (Phi) is 7.67. The molecule has 5 rings (SSSR count). The van der Waals surface area contributed by atoms with E-state index in [0.717, 1.165) is 34.4 Å². The normalized spacial score (nSPS) is 17.5. The fraction of sp³-hybridized carbons (Fsp3) is 0.258. The number of benzene rings is 4. The lowest BCUT2D eigenvalue weighted by Crippen LogP contribution is -2.37. The van der Waals surface area contributed by atoms with Gasteiger partial charge in [-0.3, -0.25) is 0 Å². The van der Waals surface area contributed by atoms with E-state index in [-0.39, 0.29) is 30.5 Å². The first kappa shape index (κ1) is 25.7. The molecule has 3 atom stereocenters. The van der Waals surface area contributed by atoms with Crippen molar-refractivity contribution in [3.8, 4) is 5.75 Å². The lowest BCUT2D eigenvalue weighted by Gasteiger charge is -2.34. The number of ether oxygens (including phenoxy) is 1. The summed E-state index contributed by atoms with van der Waals surface area (Å²) >= 11 is 0. The molecule has 0 radical (unpaired) electrons. The number of fused-ring (bicyclic) bond motifs is 2. The second kappa shape index (κ2) is 10.7. The Bertz CT molecular complexity index is 1390. The Balaban J connectivity index is 0.00000304. The zero-order valence-corrected chi connectivity index (χ0v) is 21.6. The van der Waals surface area contributed by atoms with E-state index in [4.69, 9.17) is 4.74 Å². The second-order valence-electron chi connectivity index (χ2n) is 9.54. The van der Waals surface area contributed by atoms with Gasteiger partial charge >= 0.3 is 5.97 Å². The molecule has 4 nitrogen and oxygen atoms in total. The van der Waals surface area contributed by atoms with Crippen molar-refractivity contribution in [2.45, 2.75) is 45.3 Å². The number of halogens is 1. The van der Waals surface area contributed by atoms with Crippen LogP contribution in [0, 0.1) is 13.8 Å². The van der Waals surface area contributed by atoms with Gasteiger partial charge in [-0.05, 0) is 66.3 Å². The Labute approximate surface area is 218 Å². The highest BCUT2D eigenvalue weighted by Gasteiger charge is 2.31. The van der Waals surface area contributed by atoms with Crippen molar-refractivity contribution in [1.82, 2.24) is 5.32 Å². The molecule has 1 aliphatic rings. The molecule has 0 aliphatic carbocycles. The van der Waals surface area contributed by atoms with Gasteiger partial charge in [0, 0.05) is 24.1 Å². The summed E-state index contributed by atoms with van der Waals surface area (Å²) in [6, 6.07) is 27.2. The summed E-state index contributed by atoms with van der Waals surface area (Å²) in [4.78, 5) is 12.0. The van der Waals surface area contributed by atoms with E-state index >= 15 is 0 Å². The molecule has 4 aromatic carbocycles. The number of carbonyl (C=O) groups is 1. The van der Waals surface area contributed by atoms with Crippen molar-refractivity contribution in [1.29, 1.82) is 0 Å². The minimum Gasteiger partial charge on any atom is -0.489 e. The van der Waals surface area contributed by atoms with Gasteiger partial charge < -0.3 is 15.2 Å². The quantitative estimate of drug-likeness (QED) is 0.293. The van der Waals surface area contributed by atoms with Crippen LogP contribution < -0.4 is 10.1 Å². The Hall–Kier alpha value is -3.34. The molecule has 0 saturated heterocycles. The topological polar surface area (TPSA) is 58.6 Å². The summed E-state index contributed by atoms with van der Waals surface area (Å²) in [6.45, 7) is 6.68. The van der Waals surface area contributed by atoms with Crippen LogP contribution in [0.25, 0.3) is 10.8 Å². The molecule has 2 N–H and O–H groups in total. The standard InChI is InChI=1S/C31H31NO3.ClH/c1-19-15-16-24(20(2)30(19)31(33)34)28-17-23(35-29-14-7-6-12-27(28)29)18-32-21(3)25-13-8-10-22-9-4-5-11-26(22)25;/h4-16,21,23,28,32H,17-18H2,1-3H3,(H,33,34);1H/t21-,23-,28+;/m1./s1. The number of rotatable bonds is 6. The van der Waals surface area contributed by atoms with Gasteiger partial charge in [0.25, 0.3) is 0 Å². The van der Waals surface area contributed by atoms with Crippen molar-refractivity contribution in [2.75, 3.05) is 6.54 Å². The molecule has 4 aromatic rings. The van der Waals surface area contributed by atoms with Crippen LogP contribution >= 0.6 is 12.4 Å². The summed E-state index contributed by atoms with van der Waals surface area (Å²) in [7, 11) is 0. The monoisotopic (exact) mass is 501 g/mol. The smallest absolute Gasteiger partial charge is 0.336 e. The number of aromatic carboxylic acids is 1. The van der Waals surface area contributed by atoms with Crippen LogP contribution in [0.15, 0.2) is 78.9 Å². The molecule has 0 bridgehead atoms. The molecule has 0 unspecified atom stereocenters. The van der Waals surface area contributed by atoms with E-state index in [0.29, 0.717) is 12.1 Å². The summed E-state index contributed by atoms with van der Waals surface area (Å²) in [5.41, 5.74) is 5.50. The van der Waals surface area contributed by atoms with Crippen molar-refractivity contribution >= 4 is 29.1 Å². The number of hydrogen-bond acceptors (Lipinski definition) is 3. The first-order valence-electron chi connectivity index (χ1n) is 12.2. The summed E-state index contributed by atoms with van der Waals surface area (Å²) < 4.78 is 6.42.